The lowest BCUT2D eigenvalue weighted by Gasteiger charge is -2.25. The molecule has 6 heteroatoms. The van der Waals surface area contributed by atoms with Gasteiger partial charge in [0.1, 0.15) is 5.15 Å². The maximum absolute atomic E-state index is 12.3. The van der Waals surface area contributed by atoms with Crippen molar-refractivity contribution in [2.45, 2.75) is 30.6 Å². The zero-order chi connectivity index (χ0) is 14.9. The maximum Gasteiger partial charge on any atom is 0.240 e. The Balaban J connectivity index is 1.76. The summed E-state index contributed by atoms with van der Waals surface area (Å²) in [4.78, 5) is 4.42. The quantitative estimate of drug-likeness (QED) is 0.858. The van der Waals surface area contributed by atoms with Crippen LogP contribution in [0.2, 0.25) is 5.15 Å². The molecule has 0 bridgehead atoms. The van der Waals surface area contributed by atoms with Crippen LogP contribution in [0.3, 0.4) is 0 Å². The molecule has 1 aromatic carbocycles. The molecule has 0 radical (unpaired) electrons. The Labute approximate surface area is 129 Å². The number of nitrogens with zero attached hydrogens (tertiary/aromatic N) is 1. The third-order valence-corrected chi connectivity index (χ3v) is 5.68. The average molecular weight is 325 g/mol. The zero-order valence-electron chi connectivity index (χ0n) is 11.5. The Bertz CT molecular complexity index is 757. The topological polar surface area (TPSA) is 59.1 Å². The molecule has 0 amide bonds. The van der Waals surface area contributed by atoms with Crippen molar-refractivity contribution in [1.82, 2.24) is 9.71 Å². The fourth-order valence-electron chi connectivity index (χ4n) is 2.51. The fraction of sp³-hybridized carbons (Fsp3) is 0.400. The molecule has 2 aromatic rings. The summed E-state index contributed by atoms with van der Waals surface area (Å²) < 4.78 is 27.2. The lowest BCUT2D eigenvalue weighted by atomic mass is 9.83. The van der Waals surface area contributed by atoms with E-state index in [0.29, 0.717) is 23.1 Å². The van der Waals surface area contributed by atoms with Gasteiger partial charge >= 0.3 is 0 Å². The van der Waals surface area contributed by atoms with Crippen molar-refractivity contribution >= 4 is 32.5 Å². The number of benzene rings is 1. The van der Waals surface area contributed by atoms with Gasteiger partial charge in [0.15, 0.2) is 0 Å². The van der Waals surface area contributed by atoms with Crippen LogP contribution in [0.4, 0.5) is 0 Å². The molecular formula is C15H17ClN2O2S. The van der Waals surface area contributed by atoms with Gasteiger partial charge in [-0.15, -0.1) is 0 Å². The van der Waals surface area contributed by atoms with Crippen molar-refractivity contribution in [3.63, 3.8) is 0 Å². The summed E-state index contributed by atoms with van der Waals surface area (Å²) in [6, 6.07) is 8.31. The number of aromatic nitrogens is 1. The number of hydrogen-bond donors (Lipinski definition) is 1. The Kier molecular flexibility index (Phi) is 4.15. The van der Waals surface area contributed by atoms with Gasteiger partial charge < -0.3 is 0 Å². The number of halogens is 1. The third-order valence-electron chi connectivity index (χ3n) is 4.01. The summed E-state index contributed by atoms with van der Waals surface area (Å²) in [6.07, 6.45) is 4.65. The molecule has 1 N–H and O–H groups in total. The maximum atomic E-state index is 12.3. The second-order valence-electron chi connectivity index (χ2n) is 5.47. The monoisotopic (exact) mass is 324 g/mol. The molecule has 0 atom stereocenters. The minimum Gasteiger partial charge on any atom is -0.236 e. The van der Waals surface area contributed by atoms with Crippen molar-refractivity contribution in [3.8, 4) is 0 Å². The molecule has 1 heterocycles. The highest BCUT2D eigenvalue weighted by Gasteiger charge is 2.19. The minimum absolute atomic E-state index is 0.271. The van der Waals surface area contributed by atoms with Gasteiger partial charge in [-0.2, -0.15) is 0 Å². The van der Waals surface area contributed by atoms with Crippen LogP contribution >= 0.6 is 11.6 Å². The van der Waals surface area contributed by atoms with E-state index in [2.05, 4.69) is 9.71 Å². The van der Waals surface area contributed by atoms with Gasteiger partial charge in [0, 0.05) is 11.9 Å². The highest BCUT2D eigenvalue weighted by atomic mass is 35.5. The molecule has 3 rings (SSSR count). The Morgan fingerprint density at radius 2 is 2.05 bits per heavy atom. The minimum atomic E-state index is -3.45. The molecule has 21 heavy (non-hydrogen) atoms. The Morgan fingerprint density at radius 1 is 1.24 bits per heavy atom. The summed E-state index contributed by atoms with van der Waals surface area (Å²) in [7, 11) is -3.45. The first-order chi connectivity index (χ1) is 10.0. The SMILES string of the molecule is O=S(=O)(NCCC1CCC1)c1ccc2nc(Cl)ccc2c1. The first-order valence-corrected chi connectivity index (χ1v) is 8.97. The van der Waals surface area contributed by atoms with Gasteiger partial charge in [-0.25, -0.2) is 18.1 Å². The van der Waals surface area contributed by atoms with Gasteiger partial charge in [-0.3, -0.25) is 0 Å². The van der Waals surface area contributed by atoms with Crippen molar-refractivity contribution < 1.29 is 8.42 Å². The molecule has 1 aliphatic carbocycles. The van der Waals surface area contributed by atoms with Gasteiger partial charge in [-0.05, 0) is 42.7 Å². The van der Waals surface area contributed by atoms with E-state index in [4.69, 9.17) is 11.6 Å². The number of pyridine rings is 1. The van der Waals surface area contributed by atoms with Crippen LogP contribution in [0.15, 0.2) is 35.2 Å². The predicted octanol–water partition coefficient (Wildman–Crippen LogP) is 3.36. The van der Waals surface area contributed by atoms with Crippen LogP contribution in [-0.2, 0) is 10.0 Å². The molecule has 112 valence electrons. The second-order valence-corrected chi connectivity index (χ2v) is 7.63. The van der Waals surface area contributed by atoms with Crippen LogP contribution in [0.5, 0.6) is 0 Å². The van der Waals surface area contributed by atoms with Crippen molar-refractivity contribution in [2.24, 2.45) is 5.92 Å². The molecule has 1 fully saturated rings. The largest absolute Gasteiger partial charge is 0.240 e. The molecule has 4 nitrogen and oxygen atoms in total. The smallest absolute Gasteiger partial charge is 0.236 e. The van der Waals surface area contributed by atoms with E-state index in [9.17, 15) is 8.42 Å². The standard InChI is InChI=1S/C15H17ClN2O2S/c16-15-7-4-12-10-13(5-6-14(12)18-15)21(19,20)17-9-8-11-2-1-3-11/h4-7,10-11,17H,1-3,8-9H2. The van der Waals surface area contributed by atoms with Crippen LogP contribution < -0.4 is 4.72 Å². The van der Waals surface area contributed by atoms with Crippen LogP contribution in [0.1, 0.15) is 25.7 Å². The number of nitrogens with one attached hydrogen (secondary N) is 1. The van der Waals surface area contributed by atoms with E-state index in [1.54, 1.807) is 30.3 Å². The number of sulfonamides is 1. The second kappa shape index (κ2) is 5.91. The highest BCUT2D eigenvalue weighted by Crippen LogP contribution is 2.29. The number of hydrogen-bond acceptors (Lipinski definition) is 3. The lowest BCUT2D eigenvalue weighted by molar-refractivity contribution is 0.297. The fourth-order valence-corrected chi connectivity index (χ4v) is 3.74. The molecule has 0 aliphatic heterocycles. The van der Waals surface area contributed by atoms with Crippen molar-refractivity contribution in [1.29, 1.82) is 0 Å². The zero-order valence-corrected chi connectivity index (χ0v) is 13.1. The van der Waals surface area contributed by atoms with Crippen LogP contribution in [0, 0.1) is 5.92 Å². The van der Waals surface area contributed by atoms with E-state index < -0.39 is 10.0 Å². The van der Waals surface area contributed by atoms with E-state index in [-0.39, 0.29) is 4.90 Å². The summed E-state index contributed by atoms with van der Waals surface area (Å²) in [6.45, 7) is 0.504. The first kappa shape index (κ1) is 14.8. The van der Waals surface area contributed by atoms with Crippen molar-refractivity contribution in [3.05, 3.63) is 35.5 Å². The number of rotatable bonds is 5. The predicted molar refractivity (Wildman–Crippen MR) is 83.9 cm³/mol. The van der Waals surface area contributed by atoms with Crippen LogP contribution in [0.25, 0.3) is 10.9 Å². The van der Waals surface area contributed by atoms with E-state index in [1.807, 2.05) is 0 Å². The van der Waals surface area contributed by atoms with Gasteiger partial charge in [0.05, 0.1) is 10.4 Å². The highest BCUT2D eigenvalue weighted by molar-refractivity contribution is 7.89. The molecule has 0 spiro atoms. The van der Waals surface area contributed by atoms with E-state index in [1.165, 1.54) is 19.3 Å². The van der Waals surface area contributed by atoms with E-state index >= 15 is 0 Å². The summed E-state index contributed by atoms with van der Waals surface area (Å²) in [5.74, 6) is 0.690. The number of fused-ring (bicyclic) bond motifs is 1. The molecule has 0 unspecified atom stereocenters. The Morgan fingerprint density at radius 3 is 2.76 bits per heavy atom. The molecule has 0 saturated heterocycles. The van der Waals surface area contributed by atoms with Gasteiger partial charge in [0.25, 0.3) is 0 Å². The van der Waals surface area contributed by atoms with E-state index in [0.717, 1.165) is 11.8 Å². The van der Waals surface area contributed by atoms with Crippen LogP contribution in [-0.4, -0.2) is 19.9 Å². The molecule has 1 aromatic heterocycles. The summed E-state index contributed by atoms with van der Waals surface area (Å²) in [5.41, 5.74) is 0.691. The molecular weight excluding hydrogens is 308 g/mol. The normalized spacial score (nSPS) is 16.0. The lowest BCUT2D eigenvalue weighted by Crippen LogP contribution is -2.27. The summed E-state index contributed by atoms with van der Waals surface area (Å²) in [5, 5.41) is 1.16. The molecule has 1 saturated carbocycles. The third kappa shape index (κ3) is 3.36. The van der Waals surface area contributed by atoms with Gasteiger partial charge in [-0.1, -0.05) is 30.9 Å². The average Bonchev–Trinajstić information content (AvgIpc) is 2.41. The molecule has 1 aliphatic rings. The first-order valence-electron chi connectivity index (χ1n) is 7.10. The van der Waals surface area contributed by atoms with Crippen molar-refractivity contribution in [2.75, 3.05) is 6.54 Å². The Hall–Kier alpha value is -1.17. The summed E-state index contributed by atoms with van der Waals surface area (Å²) >= 11 is 5.82. The van der Waals surface area contributed by atoms with Gasteiger partial charge in [0.2, 0.25) is 10.0 Å².